The molecule has 0 atom stereocenters. The van der Waals surface area contributed by atoms with E-state index in [2.05, 4.69) is 17.1 Å². The van der Waals surface area contributed by atoms with Crippen LogP contribution in [0.25, 0.3) is 10.9 Å². The number of fused-ring (bicyclic) bond motifs is 2. The summed E-state index contributed by atoms with van der Waals surface area (Å²) >= 11 is 0. The summed E-state index contributed by atoms with van der Waals surface area (Å²) in [5.41, 5.74) is 3.38. The smallest absolute Gasteiger partial charge is 0.325 e. The molecule has 132 valence electrons. The molecule has 6 heteroatoms. The lowest BCUT2D eigenvalue weighted by Crippen LogP contribution is -2.35. The molecule has 0 aliphatic carbocycles. The average Bonchev–Trinajstić information content (AvgIpc) is 2.64. The summed E-state index contributed by atoms with van der Waals surface area (Å²) in [6.45, 7) is 6.59. The van der Waals surface area contributed by atoms with E-state index in [4.69, 9.17) is 9.72 Å². The number of amides is 1. The molecule has 2 heterocycles. The molecule has 1 aliphatic rings. The van der Waals surface area contributed by atoms with Crippen LogP contribution in [0, 0.1) is 0 Å². The van der Waals surface area contributed by atoms with Gasteiger partial charge < -0.3 is 10.1 Å². The standard InChI is InChI=1S/C19H23N3O3/c1-3-22-10-9-16-14(12-22)18(13-7-5-6-8-15(13)21-16)19(24)20-11-17(23)25-4-2/h5-8H,3-4,9-12H2,1-2H3,(H,20,24). The number of para-hydroxylation sites is 1. The molecule has 0 spiro atoms. The van der Waals surface area contributed by atoms with Crippen molar-refractivity contribution in [1.82, 2.24) is 15.2 Å². The van der Waals surface area contributed by atoms with Crippen LogP contribution in [0.4, 0.5) is 0 Å². The van der Waals surface area contributed by atoms with Gasteiger partial charge in [0, 0.05) is 36.2 Å². The Labute approximate surface area is 147 Å². The van der Waals surface area contributed by atoms with E-state index >= 15 is 0 Å². The second-order valence-electron chi connectivity index (χ2n) is 6.04. The number of pyridine rings is 1. The molecular weight excluding hydrogens is 318 g/mol. The number of benzene rings is 1. The Balaban J connectivity index is 1.99. The van der Waals surface area contributed by atoms with Gasteiger partial charge in [-0.05, 0) is 19.5 Å². The molecule has 3 rings (SSSR count). The Hall–Kier alpha value is -2.47. The van der Waals surface area contributed by atoms with E-state index in [1.54, 1.807) is 6.92 Å². The van der Waals surface area contributed by atoms with Crippen LogP contribution in [-0.4, -0.2) is 48.0 Å². The number of esters is 1. The molecule has 25 heavy (non-hydrogen) atoms. The number of hydrogen-bond donors (Lipinski definition) is 1. The van der Waals surface area contributed by atoms with Gasteiger partial charge in [-0.3, -0.25) is 19.5 Å². The van der Waals surface area contributed by atoms with Crippen LogP contribution in [0.2, 0.25) is 0 Å². The highest BCUT2D eigenvalue weighted by molar-refractivity contribution is 6.08. The fourth-order valence-electron chi connectivity index (χ4n) is 3.23. The first kappa shape index (κ1) is 17.4. The summed E-state index contributed by atoms with van der Waals surface area (Å²) in [6, 6.07) is 7.65. The fourth-order valence-corrected chi connectivity index (χ4v) is 3.23. The van der Waals surface area contributed by atoms with E-state index in [0.29, 0.717) is 18.7 Å². The molecular formula is C19H23N3O3. The molecule has 1 aliphatic heterocycles. The Morgan fingerprint density at radius 3 is 2.84 bits per heavy atom. The number of hydrogen-bond acceptors (Lipinski definition) is 5. The van der Waals surface area contributed by atoms with Crippen LogP contribution in [-0.2, 0) is 22.5 Å². The lowest BCUT2D eigenvalue weighted by molar-refractivity contribution is -0.141. The predicted molar refractivity (Wildman–Crippen MR) is 95.4 cm³/mol. The van der Waals surface area contributed by atoms with Gasteiger partial charge in [0.2, 0.25) is 0 Å². The van der Waals surface area contributed by atoms with Gasteiger partial charge in [-0.25, -0.2) is 0 Å². The van der Waals surface area contributed by atoms with E-state index < -0.39 is 5.97 Å². The number of carbonyl (C=O) groups excluding carboxylic acids is 2. The van der Waals surface area contributed by atoms with Gasteiger partial charge in [-0.2, -0.15) is 0 Å². The summed E-state index contributed by atoms with van der Waals surface area (Å²) in [6.07, 6.45) is 0.826. The lowest BCUT2D eigenvalue weighted by Gasteiger charge is -2.29. The number of likely N-dealkylation sites (N-methyl/N-ethyl adjacent to an activating group) is 1. The monoisotopic (exact) mass is 341 g/mol. The molecule has 2 aromatic rings. The van der Waals surface area contributed by atoms with Crippen molar-refractivity contribution in [2.75, 3.05) is 26.2 Å². The maximum absolute atomic E-state index is 12.9. The predicted octanol–water partition coefficient (Wildman–Crippen LogP) is 1.91. The van der Waals surface area contributed by atoms with Crippen LogP contribution in [0.1, 0.15) is 35.5 Å². The van der Waals surface area contributed by atoms with Gasteiger partial charge >= 0.3 is 5.97 Å². The first-order chi connectivity index (χ1) is 12.1. The molecule has 0 bridgehead atoms. The fraction of sp³-hybridized carbons (Fsp3) is 0.421. The zero-order valence-electron chi connectivity index (χ0n) is 14.7. The molecule has 0 saturated heterocycles. The molecule has 0 saturated carbocycles. The lowest BCUT2D eigenvalue weighted by atomic mass is 9.95. The highest BCUT2D eigenvalue weighted by Crippen LogP contribution is 2.28. The summed E-state index contributed by atoms with van der Waals surface area (Å²) in [5.74, 6) is -0.681. The summed E-state index contributed by atoms with van der Waals surface area (Å²) in [7, 11) is 0. The molecule has 1 aromatic heterocycles. The Morgan fingerprint density at radius 1 is 1.28 bits per heavy atom. The molecule has 0 fully saturated rings. The van der Waals surface area contributed by atoms with Crippen molar-refractivity contribution in [3.05, 3.63) is 41.1 Å². The van der Waals surface area contributed by atoms with E-state index in [1.165, 1.54) is 0 Å². The van der Waals surface area contributed by atoms with Crippen molar-refractivity contribution in [1.29, 1.82) is 0 Å². The third kappa shape index (κ3) is 3.64. The number of ether oxygens (including phenoxy) is 1. The third-order valence-electron chi connectivity index (χ3n) is 4.50. The van der Waals surface area contributed by atoms with E-state index in [1.807, 2.05) is 24.3 Å². The van der Waals surface area contributed by atoms with Crippen LogP contribution < -0.4 is 5.32 Å². The SMILES string of the molecule is CCOC(=O)CNC(=O)c1c2c(nc3ccccc13)CCN(CC)C2. The number of nitrogens with zero attached hydrogens (tertiary/aromatic N) is 2. The first-order valence-electron chi connectivity index (χ1n) is 8.70. The van der Waals surface area contributed by atoms with Gasteiger partial charge in [0.15, 0.2) is 0 Å². The maximum atomic E-state index is 12.9. The second kappa shape index (κ2) is 7.61. The molecule has 1 amide bonds. The number of carbonyl (C=O) groups is 2. The average molecular weight is 341 g/mol. The normalized spacial score (nSPS) is 14.2. The van der Waals surface area contributed by atoms with Crippen molar-refractivity contribution in [2.45, 2.75) is 26.8 Å². The van der Waals surface area contributed by atoms with E-state index in [9.17, 15) is 9.59 Å². The molecule has 1 N–H and O–H groups in total. The van der Waals surface area contributed by atoms with Gasteiger partial charge in [0.05, 0.1) is 17.7 Å². The van der Waals surface area contributed by atoms with Crippen molar-refractivity contribution in [2.24, 2.45) is 0 Å². The van der Waals surface area contributed by atoms with E-state index in [0.717, 1.165) is 41.7 Å². The minimum absolute atomic E-state index is 0.129. The summed E-state index contributed by atoms with van der Waals surface area (Å²) < 4.78 is 4.89. The van der Waals surface area contributed by atoms with Crippen molar-refractivity contribution < 1.29 is 14.3 Å². The quantitative estimate of drug-likeness (QED) is 0.841. The Kier molecular flexibility index (Phi) is 5.28. The number of aromatic nitrogens is 1. The van der Waals surface area contributed by atoms with Crippen molar-refractivity contribution in [3.63, 3.8) is 0 Å². The van der Waals surface area contributed by atoms with E-state index in [-0.39, 0.29) is 12.5 Å². The maximum Gasteiger partial charge on any atom is 0.325 e. The zero-order chi connectivity index (χ0) is 17.8. The van der Waals surface area contributed by atoms with Gasteiger partial charge in [0.25, 0.3) is 5.91 Å². The Morgan fingerprint density at radius 2 is 2.08 bits per heavy atom. The number of rotatable bonds is 5. The van der Waals surface area contributed by atoms with Gasteiger partial charge in [0.1, 0.15) is 6.54 Å². The third-order valence-corrected chi connectivity index (χ3v) is 4.50. The number of nitrogens with one attached hydrogen (secondary N) is 1. The largest absolute Gasteiger partial charge is 0.465 e. The summed E-state index contributed by atoms with van der Waals surface area (Å²) in [5, 5.41) is 3.52. The molecule has 0 unspecified atom stereocenters. The Bertz CT molecular complexity index is 804. The molecule has 0 radical (unpaired) electrons. The van der Waals surface area contributed by atoms with Crippen LogP contribution >= 0.6 is 0 Å². The minimum atomic E-state index is -0.432. The zero-order valence-corrected chi connectivity index (χ0v) is 14.7. The highest BCUT2D eigenvalue weighted by atomic mass is 16.5. The summed E-state index contributed by atoms with van der Waals surface area (Å²) in [4.78, 5) is 31.5. The molecule has 6 nitrogen and oxygen atoms in total. The van der Waals surface area contributed by atoms with Gasteiger partial charge in [-0.15, -0.1) is 0 Å². The molecule has 1 aromatic carbocycles. The van der Waals surface area contributed by atoms with Gasteiger partial charge in [-0.1, -0.05) is 25.1 Å². The first-order valence-corrected chi connectivity index (χ1v) is 8.70. The minimum Gasteiger partial charge on any atom is -0.465 e. The van der Waals surface area contributed by atoms with Crippen molar-refractivity contribution >= 4 is 22.8 Å². The topological polar surface area (TPSA) is 71.5 Å². The van der Waals surface area contributed by atoms with Crippen LogP contribution in [0.5, 0.6) is 0 Å². The van der Waals surface area contributed by atoms with Crippen LogP contribution in [0.15, 0.2) is 24.3 Å². The van der Waals surface area contributed by atoms with Crippen molar-refractivity contribution in [3.8, 4) is 0 Å². The highest BCUT2D eigenvalue weighted by Gasteiger charge is 2.25. The van der Waals surface area contributed by atoms with Crippen LogP contribution in [0.3, 0.4) is 0 Å². The second-order valence-corrected chi connectivity index (χ2v) is 6.04.